The molecule has 0 saturated carbocycles. The molecule has 1 fully saturated rings. The van der Waals surface area contributed by atoms with Gasteiger partial charge in [0.25, 0.3) is 0 Å². The van der Waals surface area contributed by atoms with Gasteiger partial charge in [-0.1, -0.05) is 0 Å². The number of nitrogens with two attached hydrogens (primary N) is 1. The van der Waals surface area contributed by atoms with Crippen molar-refractivity contribution in [2.24, 2.45) is 11.7 Å². The first kappa shape index (κ1) is 13.6. The number of piperidine rings is 1. The van der Waals surface area contributed by atoms with Gasteiger partial charge in [-0.25, -0.2) is 0 Å². The lowest BCUT2D eigenvalue weighted by Gasteiger charge is -2.34. The smallest absolute Gasteiger partial charge is 0.183 e. The Morgan fingerprint density at radius 1 is 1.59 bits per heavy atom. The van der Waals surface area contributed by atoms with E-state index in [1.165, 1.54) is 12.8 Å². The van der Waals surface area contributed by atoms with Gasteiger partial charge in [0.05, 0.1) is 11.0 Å². The molecule has 2 atom stereocenters. The second-order valence-electron chi connectivity index (χ2n) is 4.83. The Balaban J connectivity index is 1.94. The zero-order chi connectivity index (χ0) is 12.4. The highest BCUT2D eigenvalue weighted by molar-refractivity contribution is 9.13. The third kappa shape index (κ3) is 3.56. The molecule has 17 heavy (non-hydrogen) atoms. The van der Waals surface area contributed by atoms with Crippen LogP contribution in [0.15, 0.2) is 19.6 Å². The summed E-state index contributed by atoms with van der Waals surface area (Å²) in [5.74, 6) is 1.61. The Morgan fingerprint density at radius 2 is 2.35 bits per heavy atom. The number of likely N-dealkylation sites (tertiary alicyclic amines) is 1. The second-order valence-corrected chi connectivity index (χ2v) is 6.41. The van der Waals surface area contributed by atoms with Gasteiger partial charge in [-0.2, -0.15) is 0 Å². The molecule has 0 bridgehead atoms. The maximum absolute atomic E-state index is 5.99. The van der Waals surface area contributed by atoms with Crippen molar-refractivity contribution in [3.8, 4) is 0 Å². The fraction of sp³-hybridized carbons (Fsp3) is 0.667. The molecular weight excluding hydrogens is 348 g/mol. The molecule has 0 radical (unpaired) electrons. The van der Waals surface area contributed by atoms with E-state index >= 15 is 0 Å². The van der Waals surface area contributed by atoms with Crippen molar-refractivity contribution in [3.63, 3.8) is 0 Å². The molecule has 1 aromatic heterocycles. The molecule has 1 aromatic rings. The Hall–Kier alpha value is 0.160. The zero-order valence-corrected chi connectivity index (χ0v) is 13.1. The minimum absolute atomic E-state index is 0.285. The number of hydrogen-bond donors (Lipinski definition) is 1. The van der Waals surface area contributed by atoms with Gasteiger partial charge in [0.1, 0.15) is 5.76 Å². The molecule has 0 amide bonds. The van der Waals surface area contributed by atoms with Crippen molar-refractivity contribution >= 4 is 31.9 Å². The molecule has 2 N–H and O–H groups in total. The fourth-order valence-corrected chi connectivity index (χ4v) is 3.01. The maximum Gasteiger partial charge on any atom is 0.183 e. The molecular formula is C12H18Br2N2O. The summed E-state index contributed by atoms with van der Waals surface area (Å²) >= 11 is 6.80. The van der Waals surface area contributed by atoms with E-state index < -0.39 is 0 Å². The van der Waals surface area contributed by atoms with Crippen LogP contribution in [0, 0.1) is 5.92 Å². The number of furan rings is 1. The molecule has 0 spiro atoms. The Bertz CT molecular complexity index is 359. The second kappa shape index (κ2) is 5.87. The summed E-state index contributed by atoms with van der Waals surface area (Å²) in [6.07, 6.45) is 2.48. The summed E-state index contributed by atoms with van der Waals surface area (Å²) in [6, 6.07) is 2.31. The molecule has 0 aliphatic carbocycles. The molecule has 3 nitrogen and oxygen atoms in total. The van der Waals surface area contributed by atoms with E-state index in [0.717, 1.165) is 34.5 Å². The molecule has 2 rings (SSSR count). The third-order valence-corrected chi connectivity index (χ3v) is 5.07. The van der Waals surface area contributed by atoms with Crippen LogP contribution < -0.4 is 5.73 Å². The highest BCUT2D eigenvalue weighted by atomic mass is 79.9. The summed E-state index contributed by atoms with van der Waals surface area (Å²) in [5, 5.41) is 0. The van der Waals surface area contributed by atoms with Crippen LogP contribution in [0.25, 0.3) is 0 Å². The molecule has 2 heterocycles. The van der Waals surface area contributed by atoms with Gasteiger partial charge in [-0.3, -0.25) is 4.90 Å². The van der Waals surface area contributed by atoms with E-state index in [9.17, 15) is 0 Å². The van der Waals surface area contributed by atoms with Crippen LogP contribution in [-0.4, -0.2) is 24.0 Å². The van der Waals surface area contributed by atoms with Crippen molar-refractivity contribution in [2.75, 3.05) is 13.1 Å². The Kier molecular flexibility index (Phi) is 4.69. The monoisotopic (exact) mass is 364 g/mol. The van der Waals surface area contributed by atoms with Crippen molar-refractivity contribution < 1.29 is 4.42 Å². The molecule has 0 aromatic carbocycles. The lowest BCUT2D eigenvalue weighted by molar-refractivity contribution is 0.145. The van der Waals surface area contributed by atoms with Crippen LogP contribution >= 0.6 is 31.9 Å². The largest absolute Gasteiger partial charge is 0.452 e. The average molecular weight is 366 g/mol. The van der Waals surface area contributed by atoms with Crippen LogP contribution in [0.5, 0.6) is 0 Å². The summed E-state index contributed by atoms with van der Waals surface area (Å²) in [6.45, 7) is 5.19. The topological polar surface area (TPSA) is 42.4 Å². The van der Waals surface area contributed by atoms with Gasteiger partial charge in [0, 0.05) is 12.6 Å². The minimum Gasteiger partial charge on any atom is -0.452 e. The number of hydrogen-bond acceptors (Lipinski definition) is 3. The van der Waals surface area contributed by atoms with Crippen LogP contribution in [0.4, 0.5) is 0 Å². The first-order chi connectivity index (χ1) is 8.06. The summed E-state index contributed by atoms with van der Waals surface area (Å²) in [7, 11) is 0. The summed E-state index contributed by atoms with van der Waals surface area (Å²) in [4.78, 5) is 2.43. The Morgan fingerprint density at radius 3 is 2.94 bits per heavy atom. The molecule has 1 aliphatic heterocycles. The highest BCUT2D eigenvalue weighted by Gasteiger charge is 2.23. The Labute approximate surface area is 119 Å². The van der Waals surface area contributed by atoms with E-state index in [2.05, 4.69) is 43.7 Å². The van der Waals surface area contributed by atoms with Crippen LogP contribution in [-0.2, 0) is 6.54 Å². The molecule has 1 saturated heterocycles. The van der Waals surface area contributed by atoms with Crippen LogP contribution in [0.1, 0.15) is 25.5 Å². The van der Waals surface area contributed by atoms with E-state index in [1.54, 1.807) is 0 Å². The molecule has 2 unspecified atom stereocenters. The summed E-state index contributed by atoms with van der Waals surface area (Å²) < 4.78 is 7.36. The zero-order valence-electron chi connectivity index (χ0n) is 9.96. The van der Waals surface area contributed by atoms with Crippen molar-refractivity contribution in [1.29, 1.82) is 0 Å². The quantitative estimate of drug-likeness (QED) is 0.892. The molecule has 5 heteroatoms. The first-order valence-corrected chi connectivity index (χ1v) is 7.56. The predicted molar refractivity (Wildman–Crippen MR) is 75.8 cm³/mol. The molecule has 96 valence electrons. The van der Waals surface area contributed by atoms with Gasteiger partial charge in [-0.05, 0) is 70.2 Å². The van der Waals surface area contributed by atoms with Crippen molar-refractivity contribution in [2.45, 2.75) is 32.4 Å². The van der Waals surface area contributed by atoms with E-state index in [1.807, 2.05) is 6.07 Å². The van der Waals surface area contributed by atoms with E-state index in [0.29, 0.717) is 5.92 Å². The van der Waals surface area contributed by atoms with Crippen LogP contribution in [0.3, 0.4) is 0 Å². The van der Waals surface area contributed by atoms with Gasteiger partial charge >= 0.3 is 0 Å². The lowest BCUT2D eigenvalue weighted by atomic mass is 9.92. The van der Waals surface area contributed by atoms with Crippen LogP contribution in [0.2, 0.25) is 0 Å². The van der Waals surface area contributed by atoms with Gasteiger partial charge in [0.15, 0.2) is 4.67 Å². The SMILES string of the molecule is CC(N)C1CCCN(Cc2cc(Br)c(Br)o2)C1. The van der Waals surface area contributed by atoms with Gasteiger partial charge in [0.2, 0.25) is 0 Å². The van der Waals surface area contributed by atoms with Gasteiger partial charge in [-0.15, -0.1) is 0 Å². The highest BCUT2D eigenvalue weighted by Crippen LogP contribution is 2.28. The predicted octanol–water partition coefficient (Wildman–Crippen LogP) is 3.36. The van der Waals surface area contributed by atoms with E-state index in [-0.39, 0.29) is 6.04 Å². The maximum atomic E-state index is 5.99. The first-order valence-electron chi connectivity index (χ1n) is 5.98. The van der Waals surface area contributed by atoms with Crippen molar-refractivity contribution in [1.82, 2.24) is 4.90 Å². The number of halogens is 2. The van der Waals surface area contributed by atoms with Gasteiger partial charge < -0.3 is 10.2 Å². The average Bonchev–Trinajstić information content (AvgIpc) is 2.58. The minimum atomic E-state index is 0.285. The molecule has 1 aliphatic rings. The van der Waals surface area contributed by atoms with E-state index in [4.69, 9.17) is 10.2 Å². The number of rotatable bonds is 3. The normalized spacial score (nSPS) is 23.9. The standard InChI is InChI=1S/C12H18Br2N2O/c1-8(15)9-3-2-4-16(6-9)7-10-5-11(13)12(14)17-10/h5,8-9H,2-4,6-7,15H2,1H3. The summed E-state index contributed by atoms with van der Waals surface area (Å²) in [5.41, 5.74) is 5.99. The lowest BCUT2D eigenvalue weighted by Crippen LogP contribution is -2.41. The third-order valence-electron chi connectivity index (χ3n) is 3.36. The van der Waals surface area contributed by atoms with Crippen molar-refractivity contribution in [3.05, 3.63) is 21.0 Å². The number of nitrogens with zero attached hydrogens (tertiary/aromatic N) is 1. The fourth-order valence-electron chi connectivity index (χ4n) is 2.35.